The first-order valence-electron chi connectivity index (χ1n) is 5.02. The average molecular weight is 301 g/mol. The number of nitrogens with one attached hydrogen (secondary N) is 1. The molecule has 0 spiro atoms. The molecule has 2 aromatic rings. The van der Waals surface area contributed by atoms with Gasteiger partial charge in [0.15, 0.2) is 0 Å². The number of hydrogen-bond acceptors (Lipinski definition) is 4. The van der Waals surface area contributed by atoms with Gasteiger partial charge in [-0.05, 0) is 22.0 Å². The largest absolute Gasteiger partial charge is 0.321 e. The van der Waals surface area contributed by atoms with E-state index >= 15 is 0 Å². The van der Waals surface area contributed by atoms with E-state index in [2.05, 4.69) is 42.9 Å². The van der Waals surface area contributed by atoms with Gasteiger partial charge in [-0.15, -0.1) is 21.5 Å². The van der Waals surface area contributed by atoms with Crippen LogP contribution in [0.15, 0.2) is 22.2 Å². The van der Waals surface area contributed by atoms with E-state index < -0.39 is 0 Å². The molecule has 1 N–H and O–H groups in total. The van der Waals surface area contributed by atoms with E-state index in [9.17, 15) is 0 Å². The molecule has 2 heterocycles. The summed E-state index contributed by atoms with van der Waals surface area (Å²) in [5, 5.41) is 13.4. The molecule has 0 atom stereocenters. The smallest absolute Gasteiger partial charge is 0.133 e. The molecule has 0 aromatic carbocycles. The van der Waals surface area contributed by atoms with Crippen molar-refractivity contribution in [3.05, 3.63) is 32.9 Å². The van der Waals surface area contributed by atoms with Crippen molar-refractivity contribution in [1.82, 2.24) is 20.1 Å². The third-order valence-corrected chi connectivity index (χ3v) is 3.95. The van der Waals surface area contributed by atoms with Gasteiger partial charge < -0.3 is 9.88 Å². The Morgan fingerprint density at radius 1 is 1.56 bits per heavy atom. The maximum atomic E-state index is 4.03. The topological polar surface area (TPSA) is 42.7 Å². The lowest BCUT2D eigenvalue weighted by molar-refractivity contribution is 0.658. The molecule has 4 nitrogen and oxygen atoms in total. The van der Waals surface area contributed by atoms with Crippen LogP contribution >= 0.6 is 27.3 Å². The molecule has 0 aliphatic rings. The molecule has 0 aliphatic heterocycles. The van der Waals surface area contributed by atoms with E-state index in [-0.39, 0.29) is 0 Å². The highest BCUT2D eigenvalue weighted by Crippen LogP contribution is 2.19. The summed E-state index contributed by atoms with van der Waals surface area (Å²) in [5.41, 5.74) is 0. The molecule has 0 radical (unpaired) electrons. The molecule has 0 amide bonds. The Hall–Kier alpha value is -0.720. The number of thiophene rings is 1. The fourth-order valence-corrected chi connectivity index (χ4v) is 2.81. The number of rotatable bonds is 5. The van der Waals surface area contributed by atoms with Gasteiger partial charge in [0.1, 0.15) is 12.2 Å². The molecule has 2 aromatic heterocycles. The van der Waals surface area contributed by atoms with Gasteiger partial charge in [0, 0.05) is 41.3 Å². The number of aryl methyl sites for hydroxylation is 1. The van der Waals surface area contributed by atoms with Crippen molar-refractivity contribution in [3.63, 3.8) is 0 Å². The first-order valence-corrected chi connectivity index (χ1v) is 6.69. The van der Waals surface area contributed by atoms with Crippen LogP contribution in [-0.4, -0.2) is 21.3 Å². The highest BCUT2D eigenvalue weighted by atomic mass is 79.9. The zero-order valence-electron chi connectivity index (χ0n) is 8.98. The van der Waals surface area contributed by atoms with Crippen molar-refractivity contribution >= 4 is 27.3 Å². The fraction of sp³-hybridized carbons (Fsp3) is 0.400. The Kier molecular flexibility index (Phi) is 4.09. The SMILES string of the molecule is Cn1cnnc1CCNCc1cc(Br)cs1. The summed E-state index contributed by atoms with van der Waals surface area (Å²) < 4.78 is 3.10. The lowest BCUT2D eigenvalue weighted by atomic mass is 10.4. The minimum absolute atomic E-state index is 0.906. The van der Waals surface area contributed by atoms with Gasteiger partial charge in [-0.3, -0.25) is 0 Å². The zero-order valence-corrected chi connectivity index (χ0v) is 11.4. The van der Waals surface area contributed by atoms with Crippen molar-refractivity contribution in [2.24, 2.45) is 7.05 Å². The third-order valence-electron chi connectivity index (χ3n) is 2.25. The summed E-state index contributed by atoms with van der Waals surface area (Å²) in [6.45, 7) is 1.83. The summed E-state index contributed by atoms with van der Waals surface area (Å²) in [5.74, 6) is 1.01. The number of nitrogens with zero attached hydrogens (tertiary/aromatic N) is 3. The predicted molar refractivity (Wildman–Crippen MR) is 68.4 cm³/mol. The second kappa shape index (κ2) is 5.56. The van der Waals surface area contributed by atoms with Gasteiger partial charge >= 0.3 is 0 Å². The van der Waals surface area contributed by atoms with E-state index in [0.717, 1.165) is 29.8 Å². The number of aromatic nitrogens is 3. The second-order valence-corrected chi connectivity index (χ2v) is 5.43. The lowest BCUT2D eigenvalue weighted by Crippen LogP contribution is -2.17. The molecule has 0 fully saturated rings. The van der Waals surface area contributed by atoms with E-state index in [1.54, 1.807) is 17.7 Å². The first-order chi connectivity index (χ1) is 7.75. The Bertz CT molecular complexity index is 451. The maximum Gasteiger partial charge on any atom is 0.133 e. The molecule has 0 aliphatic carbocycles. The Balaban J connectivity index is 1.71. The fourth-order valence-electron chi connectivity index (χ4n) is 1.39. The van der Waals surface area contributed by atoms with Gasteiger partial charge in [-0.1, -0.05) is 0 Å². The Morgan fingerprint density at radius 2 is 2.44 bits per heavy atom. The minimum Gasteiger partial charge on any atom is -0.321 e. The van der Waals surface area contributed by atoms with Crippen molar-refractivity contribution in [1.29, 1.82) is 0 Å². The molecule has 0 saturated carbocycles. The van der Waals surface area contributed by atoms with Crippen LogP contribution in [0.25, 0.3) is 0 Å². The second-order valence-electron chi connectivity index (χ2n) is 3.52. The van der Waals surface area contributed by atoms with Crippen LogP contribution in [0.1, 0.15) is 10.7 Å². The van der Waals surface area contributed by atoms with E-state index in [4.69, 9.17) is 0 Å². The van der Waals surface area contributed by atoms with Crippen LogP contribution in [0.2, 0.25) is 0 Å². The van der Waals surface area contributed by atoms with Gasteiger partial charge in [0.2, 0.25) is 0 Å². The van der Waals surface area contributed by atoms with Gasteiger partial charge in [-0.2, -0.15) is 0 Å². The van der Waals surface area contributed by atoms with Crippen molar-refractivity contribution < 1.29 is 0 Å². The monoisotopic (exact) mass is 300 g/mol. The minimum atomic E-state index is 0.906. The molecule has 6 heteroatoms. The summed E-state index contributed by atoms with van der Waals surface area (Å²) in [6.07, 6.45) is 2.63. The molecule has 0 bridgehead atoms. The van der Waals surface area contributed by atoms with Crippen LogP contribution in [0, 0.1) is 0 Å². The summed E-state index contributed by atoms with van der Waals surface area (Å²) in [7, 11) is 1.96. The van der Waals surface area contributed by atoms with Gasteiger partial charge in [0.05, 0.1) is 0 Å². The van der Waals surface area contributed by atoms with Crippen molar-refractivity contribution in [2.45, 2.75) is 13.0 Å². The van der Waals surface area contributed by atoms with Gasteiger partial charge in [-0.25, -0.2) is 0 Å². The highest BCUT2D eigenvalue weighted by molar-refractivity contribution is 9.10. The average Bonchev–Trinajstić information content (AvgIpc) is 2.83. The number of halogens is 1. The van der Waals surface area contributed by atoms with Crippen LogP contribution in [0.4, 0.5) is 0 Å². The quantitative estimate of drug-likeness (QED) is 0.859. The van der Waals surface area contributed by atoms with Crippen molar-refractivity contribution in [3.8, 4) is 0 Å². The van der Waals surface area contributed by atoms with Crippen LogP contribution < -0.4 is 5.32 Å². The van der Waals surface area contributed by atoms with Gasteiger partial charge in [0.25, 0.3) is 0 Å². The Morgan fingerprint density at radius 3 is 3.06 bits per heavy atom. The first kappa shape index (κ1) is 11.8. The van der Waals surface area contributed by atoms with E-state index in [1.165, 1.54) is 4.88 Å². The lowest BCUT2D eigenvalue weighted by Gasteiger charge is -2.02. The third kappa shape index (κ3) is 3.13. The van der Waals surface area contributed by atoms with Crippen LogP contribution in [0.5, 0.6) is 0 Å². The van der Waals surface area contributed by atoms with Crippen LogP contribution in [0.3, 0.4) is 0 Å². The molecule has 2 rings (SSSR count). The summed E-state index contributed by atoms with van der Waals surface area (Å²) in [6, 6.07) is 2.14. The molecule has 86 valence electrons. The predicted octanol–water partition coefficient (Wildman–Crippen LogP) is 1.97. The maximum absolute atomic E-state index is 4.03. The Labute approximate surface area is 107 Å². The molecular weight excluding hydrogens is 288 g/mol. The molecular formula is C10H13BrN4S. The van der Waals surface area contributed by atoms with Crippen LogP contribution in [-0.2, 0) is 20.0 Å². The van der Waals surface area contributed by atoms with Crippen molar-refractivity contribution in [2.75, 3.05) is 6.54 Å². The molecule has 16 heavy (non-hydrogen) atoms. The van der Waals surface area contributed by atoms with E-state index in [1.807, 2.05) is 11.6 Å². The highest BCUT2D eigenvalue weighted by Gasteiger charge is 2.00. The molecule has 0 saturated heterocycles. The summed E-state index contributed by atoms with van der Waals surface area (Å²) >= 11 is 5.20. The van der Waals surface area contributed by atoms with E-state index in [0.29, 0.717) is 0 Å². The molecule has 0 unspecified atom stereocenters. The number of hydrogen-bond donors (Lipinski definition) is 1. The standard InChI is InChI=1S/C10H13BrN4S/c1-15-7-13-14-10(15)2-3-12-5-9-4-8(11)6-16-9/h4,6-7,12H,2-3,5H2,1H3. The summed E-state index contributed by atoms with van der Waals surface area (Å²) in [4.78, 5) is 1.34. The normalized spacial score (nSPS) is 10.9. The zero-order chi connectivity index (χ0) is 11.4.